The molecule has 0 saturated carbocycles. The predicted octanol–water partition coefficient (Wildman–Crippen LogP) is 4.81. The average Bonchev–Trinajstić information content (AvgIpc) is 2.89. The molecule has 1 aliphatic rings. The molecule has 0 bridgehead atoms. The molecule has 0 atom stereocenters. The molecular weight excluding hydrogens is 458 g/mol. The summed E-state index contributed by atoms with van der Waals surface area (Å²) in [6.45, 7) is -0.519. The molecule has 27 heavy (non-hydrogen) atoms. The summed E-state index contributed by atoms with van der Waals surface area (Å²) >= 11 is 9.96. The summed E-state index contributed by atoms with van der Waals surface area (Å²) in [5, 5.41) is 8.86. The fraction of sp³-hybridized carbons (Fsp3) is 0.0556. The molecule has 2 aromatic carbocycles. The van der Waals surface area contributed by atoms with Gasteiger partial charge in [-0.25, -0.2) is 9.69 Å². The highest BCUT2D eigenvalue weighted by Gasteiger charge is 2.36. The number of hydrogen-bond acceptors (Lipinski definition) is 5. The fourth-order valence-corrected chi connectivity index (χ4v) is 3.66. The molecule has 2 amide bonds. The van der Waals surface area contributed by atoms with Gasteiger partial charge in [0, 0.05) is 15.1 Å². The Kier molecular flexibility index (Phi) is 5.88. The number of carbonyl (C=O) groups is 3. The Morgan fingerprint density at radius 1 is 1.22 bits per heavy atom. The second kappa shape index (κ2) is 8.16. The van der Waals surface area contributed by atoms with Gasteiger partial charge in [0.1, 0.15) is 5.75 Å². The average molecular weight is 469 g/mol. The lowest BCUT2D eigenvalue weighted by atomic mass is 10.2. The van der Waals surface area contributed by atoms with Gasteiger partial charge in [-0.3, -0.25) is 9.59 Å². The fourth-order valence-electron chi connectivity index (χ4n) is 2.32. The van der Waals surface area contributed by atoms with Crippen molar-refractivity contribution in [2.24, 2.45) is 0 Å². The van der Waals surface area contributed by atoms with Crippen molar-refractivity contribution in [3.8, 4) is 5.75 Å². The Morgan fingerprint density at radius 2 is 1.93 bits per heavy atom. The van der Waals surface area contributed by atoms with Crippen LogP contribution < -0.4 is 9.64 Å². The third kappa shape index (κ3) is 4.52. The molecule has 0 aliphatic carbocycles. The lowest BCUT2D eigenvalue weighted by Crippen LogP contribution is -2.27. The molecule has 1 heterocycles. The van der Waals surface area contributed by atoms with E-state index in [1.54, 1.807) is 42.5 Å². The molecular formula is C18H11BrClNO5S. The zero-order valence-corrected chi connectivity index (χ0v) is 16.7. The van der Waals surface area contributed by atoms with E-state index in [9.17, 15) is 14.4 Å². The minimum Gasteiger partial charge on any atom is -0.481 e. The van der Waals surface area contributed by atoms with Gasteiger partial charge < -0.3 is 9.84 Å². The number of carboxylic acid groups (broad SMARTS) is 1. The summed E-state index contributed by atoms with van der Waals surface area (Å²) in [7, 11) is 0. The van der Waals surface area contributed by atoms with Crippen LogP contribution in [-0.4, -0.2) is 28.8 Å². The molecule has 1 N–H and O–H groups in total. The van der Waals surface area contributed by atoms with Crippen LogP contribution in [0.5, 0.6) is 5.75 Å². The smallest absolute Gasteiger partial charge is 0.341 e. The van der Waals surface area contributed by atoms with E-state index in [0.717, 1.165) is 16.7 Å². The van der Waals surface area contributed by atoms with E-state index < -0.39 is 23.7 Å². The second-order valence-electron chi connectivity index (χ2n) is 5.36. The molecule has 0 unspecified atom stereocenters. The monoisotopic (exact) mass is 467 g/mol. The van der Waals surface area contributed by atoms with Gasteiger partial charge in [0.15, 0.2) is 6.61 Å². The highest BCUT2D eigenvalue weighted by molar-refractivity contribution is 9.10. The third-order valence-corrected chi connectivity index (χ3v) is 5.10. The molecule has 0 radical (unpaired) electrons. The van der Waals surface area contributed by atoms with Gasteiger partial charge in [-0.1, -0.05) is 27.5 Å². The second-order valence-corrected chi connectivity index (χ2v) is 7.70. The number of carbonyl (C=O) groups excluding carboxylic acids is 2. The number of benzene rings is 2. The van der Waals surface area contributed by atoms with Crippen LogP contribution in [0, 0.1) is 0 Å². The number of imide groups is 1. The maximum atomic E-state index is 12.7. The van der Waals surface area contributed by atoms with Crippen molar-refractivity contribution >= 4 is 68.2 Å². The van der Waals surface area contributed by atoms with Crippen LogP contribution in [0.25, 0.3) is 6.08 Å². The Labute approximate surface area is 171 Å². The number of hydrogen-bond donors (Lipinski definition) is 1. The number of rotatable bonds is 5. The van der Waals surface area contributed by atoms with E-state index in [2.05, 4.69) is 15.9 Å². The number of aliphatic carboxylic acids is 1. The van der Waals surface area contributed by atoms with Gasteiger partial charge in [0.2, 0.25) is 0 Å². The van der Waals surface area contributed by atoms with Crippen LogP contribution in [0.3, 0.4) is 0 Å². The molecule has 3 rings (SSSR count). The summed E-state index contributed by atoms with van der Waals surface area (Å²) in [5.41, 5.74) is 0.897. The molecule has 138 valence electrons. The highest BCUT2D eigenvalue weighted by Crippen LogP contribution is 2.37. The normalized spacial score (nSPS) is 15.5. The quantitative estimate of drug-likeness (QED) is 0.634. The summed E-state index contributed by atoms with van der Waals surface area (Å²) < 4.78 is 5.97. The first-order valence-corrected chi connectivity index (χ1v) is 9.51. The summed E-state index contributed by atoms with van der Waals surface area (Å²) in [5.74, 6) is -1.30. The molecule has 9 heteroatoms. The maximum absolute atomic E-state index is 12.7. The van der Waals surface area contributed by atoms with Crippen LogP contribution in [0.1, 0.15) is 5.56 Å². The molecule has 1 fully saturated rings. The molecule has 1 saturated heterocycles. The Hall–Kier alpha value is -2.29. The number of anilines is 1. The number of carboxylic acids is 1. The van der Waals surface area contributed by atoms with E-state index in [-0.39, 0.29) is 4.91 Å². The van der Waals surface area contributed by atoms with E-state index in [1.165, 1.54) is 6.08 Å². The summed E-state index contributed by atoms with van der Waals surface area (Å²) in [6, 6.07) is 11.3. The zero-order chi connectivity index (χ0) is 19.6. The van der Waals surface area contributed by atoms with Crippen molar-refractivity contribution in [3.05, 3.63) is 62.4 Å². The molecule has 1 aliphatic heterocycles. The largest absolute Gasteiger partial charge is 0.481 e. The lowest BCUT2D eigenvalue weighted by molar-refractivity contribution is -0.139. The van der Waals surface area contributed by atoms with Crippen LogP contribution in [0.2, 0.25) is 5.02 Å². The summed E-state index contributed by atoms with van der Waals surface area (Å²) in [4.78, 5) is 37.0. The first-order valence-electron chi connectivity index (χ1n) is 7.53. The van der Waals surface area contributed by atoms with Gasteiger partial charge in [0.05, 0.1) is 10.6 Å². The van der Waals surface area contributed by atoms with Crippen LogP contribution in [-0.2, 0) is 9.59 Å². The SMILES string of the molecule is O=C(O)COc1ccc(Br)cc1/C=C1\SC(=O)N(c2ccc(Cl)cc2)C1=O. The van der Waals surface area contributed by atoms with Crippen LogP contribution in [0.15, 0.2) is 51.8 Å². The minimum absolute atomic E-state index is 0.202. The van der Waals surface area contributed by atoms with Gasteiger partial charge >= 0.3 is 5.97 Å². The zero-order valence-electron chi connectivity index (χ0n) is 13.5. The predicted molar refractivity (Wildman–Crippen MR) is 107 cm³/mol. The standard InChI is InChI=1S/C18H11BrClNO5S/c19-11-1-6-14(26-9-16(22)23)10(7-11)8-15-17(24)21(18(25)27-15)13-4-2-12(20)3-5-13/h1-8H,9H2,(H,22,23)/b15-8-. The topological polar surface area (TPSA) is 83.9 Å². The number of amides is 2. The van der Waals surface area contributed by atoms with Crippen molar-refractivity contribution in [1.82, 2.24) is 0 Å². The Balaban J connectivity index is 1.93. The molecule has 2 aromatic rings. The number of thioether (sulfide) groups is 1. The lowest BCUT2D eigenvalue weighted by Gasteiger charge is -2.12. The van der Waals surface area contributed by atoms with Crippen LogP contribution >= 0.6 is 39.3 Å². The first-order chi connectivity index (χ1) is 12.8. The van der Waals surface area contributed by atoms with E-state index in [4.69, 9.17) is 21.4 Å². The van der Waals surface area contributed by atoms with E-state index >= 15 is 0 Å². The number of ether oxygens (including phenoxy) is 1. The Bertz CT molecular complexity index is 961. The van der Waals surface area contributed by atoms with Crippen LogP contribution in [0.4, 0.5) is 10.5 Å². The van der Waals surface area contributed by atoms with Gasteiger partial charge in [-0.05, 0) is 60.3 Å². The first kappa shape index (κ1) is 19.5. The maximum Gasteiger partial charge on any atom is 0.341 e. The van der Waals surface area contributed by atoms with Gasteiger partial charge in [-0.15, -0.1) is 0 Å². The molecule has 0 aromatic heterocycles. The molecule has 6 nitrogen and oxygen atoms in total. The third-order valence-electron chi connectivity index (χ3n) is 3.49. The van der Waals surface area contributed by atoms with Crippen molar-refractivity contribution in [2.45, 2.75) is 0 Å². The van der Waals surface area contributed by atoms with Crippen molar-refractivity contribution in [3.63, 3.8) is 0 Å². The summed E-state index contributed by atoms with van der Waals surface area (Å²) in [6.07, 6.45) is 1.50. The number of halogens is 2. The van der Waals surface area contributed by atoms with Crippen molar-refractivity contribution in [2.75, 3.05) is 11.5 Å². The van der Waals surface area contributed by atoms with Crippen molar-refractivity contribution < 1.29 is 24.2 Å². The van der Waals surface area contributed by atoms with E-state index in [1.807, 2.05) is 0 Å². The van der Waals surface area contributed by atoms with Gasteiger partial charge in [0.25, 0.3) is 11.1 Å². The van der Waals surface area contributed by atoms with Crippen molar-refractivity contribution in [1.29, 1.82) is 0 Å². The number of nitrogens with zero attached hydrogens (tertiary/aromatic N) is 1. The molecule has 0 spiro atoms. The Morgan fingerprint density at radius 3 is 2.59 bits per heavy atom. The highest BCUT2D eigenvalue weighted by atomic mass is 79.9. The minimum atomic E-state index is -1.12. The van der Waals surface area contributed by atoms with E-state index in [0.29, 0.717) is 26.5 Å². The van der Waals surface area contributed by atoms with Gasteiger partial charge in [-0.2, -0.15) is 0 Å².